The maximum atomic E-state index is 5.23. The van der Waals surface area contributed by atoms with Crippen molar-refractivity contribution < 1.29 is 4.74 Å². The highest BCUT2D eigenvalue weighted by atomic mass is 16.5. The quantitative estimate of drug-likeness (QED) is 0.577. The third kappa shape index (κ3) is 2.25. The number of hydrogen-bond acceptors (Lipinski definition) is 5. The first-order chi connectivity index (χ1) is 11.3. The van der Waals surface area contributed by atoms with E-state index in [1.165, 1.54) is 0 Å². The zero-order valence-corrected chi connectivity index (χ0v) is 13.0. The Balaban J connectivity index is 1.93. The van der Waals surface area contributed by atoms with Gasteiger partial charge in [-0.3, -0.25) is 4.98 Å². The van der Waals surface area contributed by atoms with Crippen LogP contribution >= 0.6 is 0 Å². The minimum Gasteiger partial charge on any atom is -0.383 e. The Kier molecular flexibility index (Phi) is 3.27. The lowest BCUT2D eigenvalue weighted by atomic mass is 10.4. The number of aromatic nitrogens is 6. The van der Waals surface area contributed by atoms with Crippen LogP contribution < -0.4 is 0 Å². The van der Waals surface area contributed by atoms with Crippen LogP contribution in [0.5, 0.6) is 0 Å². The van der Waals surface area contributed by atoms with Gasteiger partial charge in [-0.1, -0.05) is 0 Å². The second-order valence-electron chi connectivity index (χ2n) is 5.32. The molecule has 0 saturated carbocycles. The van der Waals surface area contributed by atoms with Crippen molar-refractivity contribution in [3.8, 4) is 11.5 Å². The molecule has 7 heteroatoms. The molecule has 7 nitrogen and oxygen atoms in total. The number of ether oxygens (including phenoxy) is 1. The fourth-order valence-electron chi connectivity index (χ4n) is 2.73. The summed E-state index contributed by atoms with van der Waals surface area (Å²) in [6, 6.07) is 1.96. The minimum atomic E-state index is 0.604. The van der Waals surface area contributed by atoms with Crippen LogP contribution in [0.2, 0.25) is 0 Å². The summed E-state index contributed by atoms with van der Waals surface area (Å²) < 4.78 is 9.36. The van der Waals surface area contributed by atoms with E-state index in [1.807, 2.05) is 36.0 Å². The van der Waals surface area contributed by atoms with Crippen LogP contribution in [0.1, 0.15) is 5.82 Å². The number of nitrogens with zero attached hydrogens (tertiary/aromatic N) is 6. The number of rotatable bonds is 4. The van der Waals surface area contributed by atoms with E-state index in [9.17, 15) is 0 Å². The van der Waals surface area contributed by atoms with E-state index in [0.29, 0.717) is 13.2 Å². The van der Waals surface area contributed by atoms with Crippen molar-refractivity contribution in [3.63, 3.8) is 0 Å². The molecule has 4 aromatic heterocycles. The number of hydrogen-bond donors (Lipinski definition) is 0. The Morgan fingerprint density at radius 2 is 2.04 bits per heavy atom. The zero-order chi connectivity index (χ0) is 15.8. The molecule has 116 valence electrons. The Morgan fingerprint density at radius 3 is 2.91 bits per heavy atom. The van der Waals surface area contributed by atoms with E-state index in [4.69, 9.17) is 9.72 Å². The average molecular weight is 308 g/mol. The van der Waals surface area contributed by atoms with E-state index in [-0.39, 0.29) is 0 Å². The number of pyridine rings is 1. The SMILES string of the molecule is COCCn1c(-c2cn3c(C)ncc3cn2)nc2cnccc21. The van der Waals surface area contributed by atoms with Gasteiger partial charge in [0.05, 0.1) is 36.2 Å². The second-order valence-corrected chi connectivity index (χ2v) is 5.32. The molecule has 0 aromatic carbocycles. The molecule has 0 spiro atoms. The van der Waals surface area contributed by atoms with Crippen LogP contribution in [-0.2, 0) is 11.3 Å². The molecule has 0 N–H and O–H groups in total. The normalized spacial score (nSPS) is 11.6. The first-order valence-corrected chi connectivity index (χ1v) is 7.37. The molecule has 0 amide bonds. The van der Waals surface area contributed by atoms with Gasteiger partial charge in [0.25, 0.3) is 0 Å². The van der Waals surface area contributed by atoms with Crippen LogP contribution in [0.15, 0.2) is 37.1 Å². The van der Waals surface area contributed by atoms with E-state index in [0.717, 1.165) is 33.9 Å². The lowest BCUT2D eigenvalue weighted by Crippen LogP contribution is -2.07. The summed E-state index contributed by atoms with van der Waals surface area (Å²) in [6.07, 6.45) is 9.13. The van der Waals surface area contributed by atoms with Crippen LogP contribution in [-0.4, -0.2) is 42.6 Å². The second kappa shape index (κ2) is 5.44. The summed E-state index contributed by atoms with van der Waals surface area (Å²) >= 11 is 0. The standard InChI is InChI=1S/C16H16N6O/c1-11-18-7-12-8-19-14(10-22(11)12)16-20-13-9-17-4-3-15(13)21(16)5-6-23-2/h3-4,7-10H,5-6H2,1-2H3. The number of methoxy groups -OCH3 is 1. The van der Waals surface area contributed by atoms with Crippen molar-refractivity contribution in [2.75, 3.05) is 13.7 Å². The van der Waals surface area contributed by atoms with Gasteiger partial charge in [0.2, 0.25) is 0 Å². The van der Waals surface area contributed by atoms with Crippen LogP contribution in [0.25, 0.3) is 28.1 Å². The van der Waals surface area contributed by atoms with Gasteiger partial charge in [-0.25, -0.2) is 15.0 Å². The molecule has 0 aliphatic heterocycles. The van der Waals surface area contributed by atoms with Gasteiger partial charge in [-0.15, -0.1) is 0 Å². The molecule has 0 atom stereocenters. The number of imidazole rings is 2. The van der Waals surface area contributed by atoms with Crippen LogP contribution in [0.3, 0.4) is 0 Å². The van der Waals surface area contributed by atoms with Crippen LogP contribution in [0, 0.1) is 6.92 Å². The Bertz CT molecular complexity index is 987. The molecule has 23 heavy (non-hydrogen) atoms. The lowest BCUT2D eigenvalue weighted by Gasteiger charge is -2.08. The highest BCUT2D eigenvalue weighted by Gasteiger charge is 2.14. The van der Waals surface area contributed by atoms with Crippen molar-refractivity contribution in [2.45, 2.75) is 13.5 Å². The van der Waals surface area contributed by atoms with Crippen molar-refractivity contribution in [1.82, 2.24) is 28.9 Å². The Morgan fingerprint density at radius 1 is 1.17 bits per heavy atom. The number of fused-ring (bicyclic) bond motifs is 2. The van der Waals surface area contributed by atoms with E-state index < -0.39 is 0 Å². The fraction of sp³-hybridized carbons (Fsp3) is 0.250. The van der Waals surface area contributed by atoms with E-state index >= 15 is 0 Å². The van der Waals surface area contributed by atoms with Gasteiger partial charge in [-0.05, 0) is 13.0 Å². The molecule has 0 fully saturated rings. The van der Waals surface area contributed by atoms with Gasteiger partial charge in [0.1, 0.15) is 17.0 Å². The lowest BCUT2D eigenvalue weighted by molar-refractivity contribution is 0.188. The highest BCUT2D eigenvalue weighted by Crippen LogP contribution is 2.23. The van der Waals surface area contributed by atoms with E-state index in [1.54, 1.807) is 19.5 Å². The van der Waals surface area contributed by atoms with Crippen molar-refractivity contribution in [3.05, 3.63) is 42.9 Å². The zero-order valence-electron chi connectivity index (χ0n) is 13.0. The highest BCUT2D eigenvalue weighted by molar-refractivity contribution is 5.79. The molecule has 4 rings (SSSR count). The first kappa shape index (κ1) is 13.8. The predicted octanol–water partition coefficient (Wildman–Crippen LogP) is 2.10. The summed E-state index contributed by atoms with van der Waals surface area (Å²) in [7, 11) is 1.69. The molecule has 0 aliphatic rings. The van der Waals surface area contributed by atoms with Crippen molar-refractivity contribution in [1.29, 1.82) is 0 Å². The molecular weight excluding hydrogens is 292 g/mol. The first-order valence-electron chi connectivity index (χ1n) is 7.37. The maximum absolute atomic E-state index is 5.23. The molecule has 0 radical (unpaired) electrons. The Hall–Kier alpha value is -2.80. The van der Waals surface area contributed by atoms with Gasteiger partial charge in [0, 0.05) is 26.0 Å². The third-order valence-corrected chi connectivity index (χ3v) is 3.90. The van der Waals surface area contributed by atoms with E-state index in [2.05, 4.69) is 19.5 Å². The number of aryl methyl sites for hydroxylation is 1. The van der Waals surface area contributed by atoms with Gasteiger partial charge < -0.3 is 13.7 Å². The monoisotopic (exact) mass is 308 g/mol. The largest absolute Gasteiger partial charge is 0.383 e. The van der Waals surface area contributed by atoms with Gasteiger partial charge in [-0.2, -0.15) is 0 Å². The molecular formula is C16H16N6O. The molecule has 0 bridgehead atoms. The molecule has 0 saturated heterocycles. The van der Waals surface area contributed by atoms with Crippen molar-refractivity contribution in [2.24, 2.45) is 0 Å². The molecule has 0 unspecified atom stereocenters. The maximum Gasteiger partial charge on any atom is 0.161 e. The summed E-state index contributed by atoms with van der Waals surface area (Å²) in [5.74, 6) is 1.73. The predicted molar refractivity (Wildman–Crippen MR) is 86.1 cm³/mol. The summed E-state index contributed by atoms with van der Waals surface area (Å²) in [5.41, 5.74) is 3.64. The summed E-state index contributed by atoms with van der Waals surface area (Å²) in [6.45, 7) is 3.27. The van der Waals surface area contributed by atoms with Gasteiger partial charge in [0.15, 0.2) is 5.82 Å². The van der Waals surface area contributed by atoms with Crippen LogP contribution in [0.4, 0.5) is 0 Å². The summed E-state index contributed by atoms with van der Waals surface area (Å²) in [4.78, 5) is 17.7. The smallest absolute Gasteiger partial charge is 0.161 e. The van der Waals surface area contributed by atoms with Crippen molar-refractivity contribution >= 4 is 16.6 Å². The molecule has 0 aliphatic carbocycles. The topological polar surface area (TPSA) is 70.1 Å². The summed E-state index contributed by atoms with van der Waals surface area (Å²) in [5, 5.41) is 0. The minimum absolute atomic E-state index is 0.604. The Labute approximate surface area is 132 Å². The molecule has 4 heterocycles. The average Bonchev–Trinajstić information content (AvgIpc) is 3.14. The molecule has 4 aromatic rings. The fourth-order valence-corrected chi connectivity index (χ4v) is 2.73. The van der Waals surface area contributed by atoms with Gasteiger partial charge >= 0.3 is 0 Å². The third-order valence-electron chi connectivity index (χ3n) is 3.90.